The molecule has 1 heterocycles. The molecule has 0 aliphatic carbocycles. The van der Waals surface area contributed by atoms with Crippen molar-refractivity contribution in [2.45, 2.75) is 26.2 Å². The van der Waals surface area contributed by atoms with Gasteiger partial charge in [0.25, 0.3) is 5.91 Å². The van der Waals surface area contributed by atoms with Crippen LogP contribution in [0, 0.1) is 6.92 Å². The first-order valence-corrected chi connectivity index (χ1v) is 6.47. The number of amides is 1. The molecule has 0 aliphatic heterocycles. The monoisotopic (exact) mass is 287 g/mol. The van der Waals surface area contributed by atoms with Gasteiger partial charge in [0.1, 0.15) is 5.69 Å². The van der Waals surface area contributed by atoms with E-state index >= 15 is 0 Å². The lowest BCUT2D eigenvalue weighted by atomic mass is 9.85. The molecule has 2 rings (SSSR count). The molecule has 0 fully saturated rings. The summed E-state index contributed by atoms with van der Waals surface area (Å²) in [6, 6.07) is 6.76. The molecule has 0 radical (unpaired) electrons. The number of hydrogen-bond donors (Lipinski definition) is 3. The molecule has 6 heteroatoms. The molecule has 1 aromatic heterocycles. The molecule has 0 unspecified atom stereocenters. The number of aliphatic carboxylic acids is 1. The highest BCUT2D eigenvalue weighted by molar-refractivity contribution is 6.03. The van der Waals surface area contributed by atoms with E-state index in [9.17, 15) is 14.7 Å². The minimum absolute atomic E-state index is 0.282. The van der Waals surface area contributed by atoms with E-state index in [1.807, 2.05) is 0 Å². The van der Waals surface area contributed by atoms with Gasteiger partial charge in [0.05, 0.1) is 11.6 Å². The fraction of sp³-hybridized carbons (Fsp3) is 0.267. The lowest BCUT2D eigenvalue weighted by Crippen LogP contribution is -2.28. The first-order valence-electron chi connectivity index (χ1n) is 6.47. The van der Waals surface area contributed by atoms with Crippen LogP contribution in [0.2, 0.25) is 0 Å². The molecule has 1 amide bonds. The van der Waals surface area contributed by atoms with Gasteiger partial charge in [-0.05, 0) is 44.0 Å². The number of aromatic nitrogens is 2. The van der Waals surface area contributed by atoms with Crippen LogP contribution in [0.4, 0.5) is 5.69 Å². The van der Waals surface area contributed by atoms with Gasteiger partial charge in [-0.2, -0.15) is 5.10 Å². The number of benzene rings is 1. The van der Waals surface area contributed by atoms with Gasteiger partial charge in [-0.1, -0.05) is 12.1 Å². The molecule has 3 N–H and O–H groups in total. The van der Waals surface area contributed by atoms with E-state index in [1.165, 1.54) is 0 Å². The normalized spacial score (nSPS) is 11.2. The summed E-state index contributed by atoms with van der Waals surface area (Å²) in [4.78, 5) is 23.2. The minimum Gasteiger partial charge on any atom is -0.481 e. The van der Waals surface area contributed by atoms with Gasteiger partial charge in [-0.25, -0.2) is 0 Å². The zero-order chi connectivity index (χ0) is 15.6. The first kappa shape index (κ1) is 14.8. The third-order valence-electron chi connectivity index (χ3n) is 3.46. The molecule has 21 heavy (non-hydrogen) atoms. The number of carboxylic acid groups (broad SMARTS) is 1. The third kappa shape index (κ3) is 2.94. The summed E-state index contributed by atoms with van der Waals surface area (Å²) in [5, 5.41) is 18.4. The van der Waals surface area contributed by atoms with E-state index < -0.39 is 11.4 Å². The van der Waals surface area contributed by atoms with Crippen LogP contribution in [-0.2, 0) is 10.2 Å². The Balaban J connectivity index is 2.15. The Morgan fingerprint density at radius 3 is 2.33 bits per heavy atom. The van der Waals surface area contributed by atoms with Gasteiger partial charge < -0.3 is 10.4 Å². The van der Waals surface area contributed by atoms with Gasteiger partial charge >= 0.3 is 5.97 Å². The van der Waals surface area contributed by atoms with Crippen molar-refractivity contribution in [3.8, 4) is 0 Å². The Bertz CT molecular complexity index is 672. The average Bonchev–Trinajstić information content (AvgIpc) is 2.85. The van der Waals surface area contributed by atoms with Crippen molar-refractivity contribution in [2.24, 2.45) is 0 Å². The lowest BCUT2D eigenvalue weighted by molar-refractivity contribution is -0.142. The summed E-state index contributed by atoms with van der Waals surface area (Å²) in [5.41, 5.74) is 1.47. The molecule has 0 saturated heterocycles. The van der Waals surface area contributed by atoms with Crippen LogP contribution in [0.3, 0.4) is 0 Å². The molecule has 0 atom stereocenters. The molecule has 0 bridgehead atoms. The smallest absolute Gasteiger partial charge is 0.313 e. The second-order valence-corrected chi connectivity index (χ2v) is 5.39. The molecule has 1 aromatic carbocycles. The average molecular weight is 287 g/mol. The van der Waals surface area contributed by atoms with E-state index in [-0.39, 0.29) is 5.91 Å². The Hall–Kier alpha value is -2.63. The molecule has 110 valence electrons. The molecule has 2 aromatic rings. The summed E-state index contributed by atoms with van der Waals surface area (Å²) in [5.74, 6) is -1.18. The van der Waals surface area contributed by atoms with Gasteiger partial charge in [0.15, 0.2) is 0 Å². The van der Waals surface area contributed by atoms with Gasteiger partial charge in [-0.15, -0.1) is 0 Å². The van der Waals surface area contributed by atoms with Crippen LogP contribution < -0.4 is 5.32 Å². The Labute approximate surface area is 122 Å². The number of carboxylic acids is 1. The minimum atomic E-state index is -0.970. The fourth-order valence-electron chi connectivity index (χ4n) is 1.86. The summed E-state index contributed by atoms with van der Waals surface area (Å²) >= 11 is 0. The largest absolute Gasteiger partial charge is 0.481 e. The van der Waals surface area contributed by atoms with Crippen molar-refractivity contribution in [3.05, 3.63) is 47.3 Å². The Morgan fingerprint density at radius 2 is 1.86 bits per heavy atom. The molecule has 6 nitrogen and oxygen atoms in total. The zero-order valence-electron chi connectivity index (χ0n) is 12.1. The van der Waals surface area contributed by atoms with E-state index in [2.05, 4.69) is 15.5 Å². The van der Waals surface area contributed by atoms with Crippen molar-refractivity contribution in [1.29, 1.82) is 0 Å². The van der Waals surface area contributed by atoms with E-state index in [4.69, 9.17) is 0 Å². The Morgan fingerprint density at radius 1 is 1.24 bits per heavy atom. The van der Waals surface area contributed by atoms with Crippen LogP contribution >= 0.6 is 0 Å². The number of hydrogen-bond acceptors (Lipinski definition) is 3. The van der Waals surface area contributed by atoms with Crippen LogP contribution in [-0.4, -0.2) is 27.2 Å². The Kier molecular flexibility index (Phi) is 3.80. The van der Waals surface area contributed by atoms with Crippen molar-refractivity contribution < 1.29 is 14.7 Å². The maximum absolute atomic E-state index is 12.0. The zero-order valence-corrected chi connectivity index (χ0v) is 12.1. The lowest BCUT2D eigenvalue weighted by Gasteiger charge is -2.19. The molecular weight excluding hydrogens is 270 g/mol. The second kappa shape index (κ2) is 5.40. The highest BCUT2D eigenvalue weighted by Crippen LogP contribution is 2.25. The van der Waals surface area contributed by atoms with Crippen molar-refractivity contribution in [1.82, 2.24) is 10.2 Å². The van der Waals surface area contributed by atoms with Gasteiger partial charge in [0.2, 0.25) is 0 Å². The summed E-state index contributed by atoms with van der Waals surface area (Å²) in [6.07, 6.45) is 1.58. The number of aromatic amines is 1. The first-order chi connectivity index (χ1) is 9.82. The number of anilines is 1. The van der Waals surface area contributed by atoms with Crippen molar-refractivity contribution in [2.75, 3.05) is 5.32 Å². The fourth-order valence-corrected chi connectivity index (χ4v) is 1.86. The quantitative estimate of drug-likeness (QED) is 0.804. The van der Waals surface area contributed by atoms with E-state index in [0.29, 0.717) is 16.9 Å². The van der Waals surface area contributed by atoms with E-state index in [1.54, 1.807) is 51.2 Å². The predicted octanol–water partition coefficient (Wildman–Crippen LogP) is 2.33. The maximum atomic E-state index is 12.0. The topological polar surface area (TPSA) is 95.1 Å². The number of nitrogens with zero attached hydrogens (tertiary/aromatic N) is 1. The number of carbonyl (C=O) groups excluding carboxylic acids is 1. The second-order valence-electron chi connectivity index (χ2n) is 5.39. The highest BCUT2D eigenvalue weighted by Gasteiger charge is 2.29. The van der Waals surface area contributed by atoms with Crippen LogP contribution in [0.1, 0.15) is 35.5 Å². The number of aryl methyl sites for hydroxylation is 1. The molecule has 0 aliphatic rings. The predicted molar refractivity (Wildman–Crippen MR) is 78.4 cm³/mol. The number of rotatable bonds is 4. The maximum Gasteiger partial charge on any atom is 0.313 e. The number of carbonyl (C=O) groups is 2. The highest BCUT2D eigenvalue weighted by atomic mass is 16.4. The number of H-pyrrole nitrogens is 1. The molecule has 0 saturated carbocycles. The van der Waals surface area contributed by atoms with Crippen LogP contribution in [0.5, 0.6) is 0 Å². The van der Waals surface area contributed by atoms with E-state index in [0.717, 1.165) is 5.56 Å². The third-order valence-corrected chi connectivity index (χ3v) is 3.46. The van der Waals surface area contributed by atoms with Crippen molar-refractivity contribution in [3.63, 3.8) is 0 Å². The van der Waals surface area contributed by atoms with Gasteiger partial charge in [-0.3, -0.25) is 14.7 Å². The standard InChI is InChI=1S/C15H17N3O3/c1-9-8-16-18-12(9)13(19)17-11-6-4-10(5-7-11)15(2,3)14(20)21/h4-8H,1-3H3,(H,16,18)(H,17,19)(H,20,21). The summed E-state index contributed by atoms with van der Waals surface area (Å²) in [7, 11) is 0. The molecular formula is C15H17N3O3. The summed E-state index contributed by atoms with van der Waals surface area (Å²) in [6.45, 7) is 5.06. The molecule has 0 spiro atoms. The van der Waals surface area contributed by atoms with Crippen LogP contribution in [0.25, 0.3) is 0 Å². The van der Waals surface area contributed by atoms with Gasteiger partial charge in [0, 0.05) is 5.69 Å². The SMILES string of the molecule is Cc1cn[nH]c1C(=O)Nc1ccc(C(C)(C)C(=O)O)cc1. The number of nitrogens with one attached hydrogen (secondary N) is 2. The van der Waals surface area contributed by atoms with Crippen LogP contribution in [0.15, 0.2) is 30.5 Å². The van der Waals surface area contributed by atoms with Crippen molar-refractivity contribution >= 4 is 17.6 Å². The summed E-state index contributed by atoms with van der Waals surface area (Å²) < 4.78 is 0.